The van der Waals surface area contributed by atoms with Crippen molar-refractivity contribution in [1.29, 1.82) is 0 Å². The number of aryl methyl sites for hydroxylation is 1. The van der Waals surface area contributed by atoms with Crippen LogP contribution < -0.4 is 0 Å². The van der Waals surface area contributed by atoms with Crippen molar-refractivity contribution in [2.45, 2.75) is 88.6 Å². The van der Waals surface area contributed by atoms with Crippen molar-refractivity contribution in [3.63, 3.8) is 0 Å². The molecule has 3 aromatic rings. The Morgan fingerprint density at radius 2 is 1.84 bits per heavy atom. The molecule has 0 spiro atoms. The van der Waals surface area contributed by atoms with Crippen LogP contribution in [0.4, 0.5) is 13.2 Å². The van der Waals surface area contributed by atoms with Gasteiger partial charge in [-0.05, 0) is 75.1 Å². The van der Waals surface area contributed by atoms with Gasteiger partial charge in [0.1, 0.15) is 17.4 Å². The highest BCUT2D eigenvalue weighted by Gasteiger charge is 2.35. The molecule has 37 heavy (non-hydrogen) atoms. The fraction of sp³-hybridized carbons (Fsp3) is 0.433. The zero-order valence-corrected chi connectivity index (χ0v) is 22.9. The predicted octanol–water partition coefficient (Wildman–Crippen LogP) is 9.62. The number of rotatable bonds is 11. The number of ether oxygens (including phenoxy) is 1. The number of esters is 1. The molecule has 0 fully saturated rings. The molecule has 0 amide bonds. The standard InChI is InChI=1S/C30H35F3O3S/c1-7-8-9-10-21-11-14-26-22(15-21)16-27(36-26)24-13-12-23(17-25(24)30(31,32)33)37-29(5,6)18-20(4)35-28(34)19(2)3/h11-17,20H,2,7-10,18H2,1,3-6H3. The van der Waals surface area contributed by atoms with Crippen LogP contribution in [0, 0.1) is 0 Å². The minimum atomic E-state index is -4.55. The first kappa shape index (κ1) is 28.9. The summed E-state index contributed by atoms with van der Waals surface area (Å²) in [6, 6.07) is 11.8. The van der Waals surface area contributed by atoms with Gasteiger partial charge in [0, 0.05) is 26.2 Å². The molecule has 7 heteroatoms. The molecule has 0 aliphatic heterocycles. The third-order valence-corrected chi connectivity index (χ3v) is 7.25. The average Bonchev–Trinajstić information content (AvgIpc) is 3.21. The Morgan fingerprint density at radius 3 is 2.49 bits per heavy atom. The van der Waals surface area contributed by atoms with Crippen LogP contribution in [-0.4, -0.2) is 16.8 Å². The largest absolute Gasteiger partial charge is 0.459 e. The number of hydrogen-bond acceptors (Lipinski definition) is 4. The van der Waals surface area contributed by atoms with Crippen molar-refractivity contribution in [1.82, 2.24) is 0 Å². The van der Waals surface area contributed by atoms with E-state index in [0.29, 0.717) is 22.5 Å². The van der Waals surface area contributed by atoms with Crippen LogP contribution in [0.2, 0.25) is 0 Å². The Balaban J connectivity index is 1.85. The van der Waals surface area contributed by atoms with Gasteiger partial charge in [-0.15, -0.1) is 11.8 Å². The maximum atomic E-state index is 14.2. The summed E-state index contributed by atoms with van der Waals surface area (Å²) in [5.74, 6) is -0.278. The molecule has 0 radical (unpaired) electrons. The second kappa shape index (κ2) is 11.8. The highest BCUT2D eigenvalue weighted by atomic mass is 32.2. The fourth-order valence-electron chi connectivity index (χ4n) is 4.37. The van der Waals surface area contributed by atoms with E-state index in [9.17, 15) is 18.0 Å². The van der Waals surface area contributed by atoms with Crippen LogP contribution in [-0.2, 0) is 22.1 Å². The van der Waals surface area contributed by atoms with Crippen LogP contribution >= 0.6 is 11.8 Å². The predicted molar refractivity (Wildman–Crippen MR) is 145 cm³/mol. The molecule has 0 aliphatic rings. The molecule has 1 atom stereocenters. The molecular formula is C30H35F3O3S. The lowest BCUT2D eigenvalue weighted by molar-refractivity contribution is -0.143. The van der Waals surface area contributed by atoms with Crippen molar-refractivity contribution >= 4 is 28.7 Å². The van der Waals surface area contributed by atoms with E-state index >= 15 is 0 Å². The van der Waals surface area contributed by atoms with Gasteiger partial charge in [-0.2, -0.15) is 13.2 Å². The summed E-state index contributed by atoms with van der Waals surface area (Å²) < 4.78 is 53.2. The second-order valence-corrected chi connectivity index (χ2v) is 12.0. The molecule has 1 unspecified atom stereocenters. The maximum Gasteiger partial charge on any atom is 0.417 e. The topological polar surface area (TPSA) is 39.4 Å². The number of fused-ring (bicyclic) bond motifs is 1. The van der Waals surface area contributed by atoms with Crippen LogP contribution in [0.1, 0.15) is 71.4 Å². The van der Waals surface area contributed by atoms with E-state index in [1.165, 1.54) is 23.9 Å². The number of alkyl halides is 3. The minimum Gasteiger partial charge on any atom is -0.459 e. The molecule has 0 saturated heterocycles. The lowest BCUT2D eigenvalue weighted by Gasteiger charge is -2.28. The van der Waals surface area contributed by atoms with Crippen LogP contribution in [0.3, 0.4) is 0 Å². The Bertz CT molecular complexity index is 1260. The molecule has 1 aromatic heterocycles. The summed E-state index contributed by atoms with van der Waals surface area (Å²) in [4.78, 5) is 12.3. The lowest BCUT2D eigenvalue weighted by atomic mass is 10.0. The van der Waals surface area contributed by atoms with E-state index in [-0.39, 0.29) is 11.3 Å². The van der Waals surface area contributed by atoms with Crippen molar-refractivity contribution < 1.29 is 27.1 Å². The highest BCUT2D eigenvalue weighted by Crippen LogP contribution is 2.43. The van der Waals surface area contributed by atoms with Crippen molar-refractivity contribution in [3.8, 4) is 11.3 Å². The Kier molecular flexibility index (Phi) is 9.22. The zero-order valence-electron chi connectivity index (χ0n) is 22.1. The van der Waals surface area contributed by atoms with Crippen LogP contribution in [0.15, 0.2) is 63.9 Å². The summed E-state index contributed by atoms with van der Waals surface area (Å²) in [6.07, 6.45) is -0.209. The van der Waals surface area contributed by atoms with Gasteiger partial charge < -0.3 is 9.15 Å². The van der Waals surface area contributed by atoms with Gasteiger partial charge in [0.05, 0.1) is 5.56 Å². The lowest BCUT2D eigenvalue weighted by Crippen LogP contribution is -2.25. The fourth-order valence-corrected chi connectivity index (χ4v) is 5.64. The molecule has 0 saturated carbocycles. The summed E-state index contributed by atoms with van der Waals surface area (Å²) in [6.45, 7) is 12.9. The average molecular weight is 533 g/mol. The van der Waals surface area contributed by atoms with Crippen molar-refractivity contribution in [2.24, 2.45) is 0 Å². The van der Waals surface area contributed by atoms with Gasteiger partial charge in [0.2, 0.25) is 0 Å². The van der Waals surface area contributed by atoms with Crippen molar-refractivity contribution in [2.75, 3.05) is 0 Å². The molecule has 0 aliphatic carbocycles. The number of carbonyl (C=O) groups is 1. The molecular weight excluding hydrogens is 497 g/mol. The molecule has 3 nitrogen and oxygen atoms in total. The molecule has 2 aromatic carbocycles. The Labute approximate surface area is 221 Å². The number of benzene rings is 2. The van der Waals surface area contributed by atoms with Gasteiger partial charge in [0.25, 0.3) is 0 Å². The van der Waals surface area contributed by atoms with E-state index in [0.717, 1.165) is 36.6 Å². The SMILES string of the molecule is C=C(C)C(=O)OC(C)CC(C)(C)Sc1ccc(-c2cc3cc(CCCCC)ccc3o2)c(C(F)(F)F)c1. The van der Waals surface area contributed by atoms with Gasteiger partial charge in [0.15, 0.2) is 0 Å². The van der Waals surface area contributed by atoms with Crippen LogP contribution in [0.5, 0.6) is 0 Å². The first-order chi connectivity index (χ1) is 17.3. The number of carbonyl (C=O) groups excluding carboxylic acids is 1. The quantitative estimate of drug-likeness (QED) is 0.107. The van der Waals surface area contributed by atoms with Gasteiger partial charge >= 0.3 is 12.1 Å². The molecule has 0 bridgehead atoms. The van der Waals surface area contributed by atoms with Gasteiger partial charge in [-0.3, -0.25) is 0 Å². The molecule has 1 heterocycles. The van der Waals surface area contributed by atoms with E-state index in [2.05, 4.69) is 13.5 Å². The zero-order chi connectivity index (χ0) is 27.4. The number of halogens is 3. The first-order valence-corrected chi connectivity index (χ1v) is 13.4. The number of furan rings is 1. The van der Waals surface area contributed by atoms with E-state index in [1.54, 1.807) is 26.0 Å². The monoisotopic (exact) mass is 532 g/mol. The maximum absolute atomic E-state index is 14.2. The summed E-state index contributed by atoms with van der Waals surface area (Å²) in [5, 5.41) is 0.801. The Hall–Kier alpha value is -2.67. The highest BCUT2D eigenvalue weighted by molar-refractivity contribution is 8.00. The molecule has 3 rings (SSSR count). The minimum absolute atomic E-state index is 0.0159. The van der Waals surface area contributed by atoms with Gasteiger partial charge in [-0.25, -0.2) is 4.79 Å². The first-order valence-electron chi connectivity index (χ1n) is 12.6. The number of unbranched alkanes of at least 4 members (excludes halogenated alkanes) is 2. The van der Waals surface area contributed by atoms with Crippen LogP contribution in [0.25, 0.3) is 22.3 Å². The molecule has 0 N–H and O–H groups in total. The normalized spacial score (nSPS) is 13.1. The summed E-state index contributed by atoms with van der Waals surface area (Å²) in [5.41, 5.74) is 1.31. The smallest absolute Gasteiger partial charge is 0.417 e. The third-order valence-electron chi connectivity index (χ3n) is 6.04. The summed E-state index contributed by atoms with van der Waals surface area (Å²) in [7, 11) is 0. The Morgan fingerprint density at radius 1 is 1.11 bits per heavy atom. The second-order valence-electron chi connectivity index (χ2n) is 10.2. The number of hydrogen-bond donors (Lipinski definition) is 0. The van der Waals surface area contributed by atoms with Gasteiger partial charge in [-0.1, -0.05) is 46.3 Å². The number of thioether (sulfide) groups is 1. The van der Waals surface area contributed by atoms with E-state index < -0.39 is 28.6 Å². The van der Waals surface area contributed by atoms with E-state index in [4.69, 9.17) is 9.15 Å². The van der Waals surface area contributed by atoms with E-state index in [1.807, 2.05) is 32.0 Å². The third kappa shape index (κ3) is 7.91. The molecule has 200 valence electrons. The summed E-state index contributed by atoms with van der Waals surface area (Å²) >= 11 is 1.32. The van der Waals surface area contributed by atoms with Crippen molar-refractivity contribution in [3.05, 3.63) is 65.7 Å².